The molecule has 0 radical (unpaired) electrons. The van der Waals surface area contributed by atoms with Gasteiger partial charge in [0.2, 0.25) is 0 Å². The van der Waals surface area contributed by atoms with Crippen LogP contribution in [0.5, 0.6) is 0 Å². The van der Waals surface area contributed by atoms with Crippen molar-refractivity contribution in [3.05, 3.63) is 60.4 Å². The summed E-state index contributed by atoms with van der Waals surface area (Å²) >= 11 is 0. The van der Waals surface area contributed by atoms with Gasteiger partial charge in [-0.2, -0.15) is 13.2 Å². The van der Waals surface area contributed by atoms with Gasteiger partial charge in [-0.3, -0.25) is 9.59 Å². The van der Waals surface area contributed by atoms with Crippen molar-refractivity contribution in [2.45, 2.75) is 6.18 Å². The summed E-state index contributed by atoms with van der Waals surface area (Å²) in [7, 11) is 1.01. The van der Waals surface area contributed by atoms with Gasteiger partial charge in [-0.1, -0.05) is 24.3 Å². The van der Waals surface area contributed by atoms with E-state index in [2.05, 4.69) is 5.32 Å². The first-order chi connectivity index (χ1) is 12.3. The third-order valence-electron chi connectivity index (χ3n) is 3.69. The Hall–Kier alpha value is -3.29. The van der Waals surface area contributed by atoms with Crippen LogP contribution in [-0.2, 0) is 4.79 Å². The van der Waals surface area contributed by atoms with Crippen LogP contribution in [0.4, 0.5) is 24.5 Å². The van der Waals surface area contributed by atoms with E-state index < -0.39 is 18.0 Å². The number of nitrogens with zero attached hydrogens (tertiary/aromatic N) is 1. The molecule has 0 spiro atoms. The summed E-state index contributed by atoms with van der Waals surface area (Å²) in [6.07, 6.45) is -4.98. The second-order valence-corrected chi connectivity index (χ2v) is 5.51. The van der Waals surface area contributed by atoms with E-state index in [0.29, 0.717) is 10.5 Å². The molecule has 0 saturated heterocycles. The van der Waals surface area contributed by atoms with Gasteiger partial charge in [0.05, 0.1) is 0 Å². The Bertz CT molecular complexity index is 946. The Balaban J connectivity index is 1.80. The van der Waals surface area contributed by atoms with Crippen LogP contribution in [0.1, 0.15) is 10.6 Å². The van der Waals surface area contributed by atoms with Gasteiger partial charge in [0.25, 0.3) is 5.91 Å². The van der Waals surface area contributed by atoms with Crippen LogP contribution in [0.15, 0.2) is 59.0 Å². The molecule has 5 nitrogen and oxygen atoms in total. The first-order valence-electron chi connectivity index (χ1n) is 7.50. The number of hydrogen-bond donors (Lipinski definition) is 1. The molecule has 3 aromatic rings. The van der Waals surface area contributed by atoms with E-state index in [4.69, 9.17) is 4.42 Å². The van der Waals surface area contributed by atoms with E-state index in [-0.39, 0.29) is 17.1 Å². The van der Waals surface area contributed by atoms with Gasteiger partial charge in [-0.05, 0) is 30.3 Å². The molecule has 1 N–H and O–H groups in total. The number of benzene rings is 2. The van der Waals surface area contributed by atoms with Crippen molar-refractivity contribution in [2.24, 2.45) is 0 Å². The molecule has 0 bridgehead atoms. The minimum Gasteiger partial charge on any atom is -0.451 e. The summed E-state index contributed by atoms with van der Waals surface area (Å²) in [5.41, 5.74) is 0.770. The molecule has 26 heavy (non-hydrogen) atoms. The number of alkyl halides is 3. The Kier molecular flexibility index (Phi) is 4.41. The number of anilines is 2. The molecular weight excluding hydrogens is 349 g/mol. The number of carbonyl (C=O) groups is 2. The van der Waals surface area contributed by atoms with Crippen molar-refractivity contribution < 1.29 is 27.2 Å². The van der Waals surface area contributed by atoms with Gasteiger partial charge in [0, 0.05) is 23.8 Å². The largest absolute Gasteiger partial charge is 0.471 e. The lowest BCUT2D eigenvalue weighted by atomic mass is 10.2. The number of nitrogens with one attached hydrogen (secondary N) is 1. The molecule has 0 atom stereocenters. The molecule has 0 fully saturated rings. The van der Waals surface area contributed by atoms with E-state index in [0.717, 1.165) is 12.4 Å². The molecule has 1 aromatic heterocycles. The summed E-state index contributed by atoms with van der Waals surface area (Å²) in [4.78, 5) is 24.1. The van der Waals surface area contributed by atoms with E-state index in [1.165, 1.54) is 24.3 Å². The maximum Gasteiger partial charge on any atom is 0.471 e. The lowest BCUT2D eigenvalue weighted by Gasteiger charge is -2.19. The first-order valence-corrected chi connectivity index (χ1v) is 7.50. The molecule has 134 valence electrons. The molecule has 0 aliphatic rings. The van der Waals surface area contributed by atoms with E-state index >= 15 is 0 Å². The number of fused-ring (bicyclic) bond motifs is 1. The Morgan fingerprint density at radius 1 is 1.04 bits per heavy atom. The van der Waals surface area contributed by atoms with Gasteiger partial charge in [0.1, 0.15) is 5.58 Å². The number of halogens is 3. The maximum atomic E-state index is 12.5. The van der Waals surface area contributed by atoms with Crippen molar-refractivity contribution in [1.29, 1.82) is 0 Å². The zero-order valence-electron chi connectivity index (χ0n) is 13.5. The second-order valence-electron chi connectivity index (χ2n) is 5.51. The van der Waals surface area contributed by atoms with E-state index in [1.54, 1.807) is 30.3 Å². The molecule has 0 aliphatic heterocycles. The minimum atomic E-state index is -4.98. The molecule has 0 unspecified atom stereocenters. The quantitative estimate of drug-likeness (QED) is 0.759. The molecular formula is C18H13F3N2O3. The summed E-state index contributed by atoms with van der Waals surface area (Å²) in [5.74, 6) is -2.49. The van der Waals surface area contributed by atoms with Gasteiger partial charge in [-0.25, -0.2) is 0 Å². The molecule has 2 aromatic carbocycles. The monoisotopic (exact) mass is 362 g/mol. The number of amides is 2. The Morgan fingerprint density at radius 2 is 1.77 bits per heavy atom. The van der Waals surface area contributed by atoms with Crippen LogP contribution in [0.3, 0.4) is 0 Å². The fourth-order valence-corrected chi connectivity index (χ4v) is 2.39. The maximum absolute atomic E-state index is 12.5. The summed E-state index contributed by atoms with van der Waals surface area (Å²) in [6, 6.07) is 14.2. The number of furan rings is 1. The molecule has 0 saturated carbocycles. The summed E-state index contributed by atoms with van der Waals surface area (Å²) < 4.78 is 43.1. The van der Waals surface area contributed by atoms with E-state index in [9.17, 15) is 22.8 Å². The first kappa shape index (κ1) is 17.5. The highest BCUT2D eigenvalue weighted by Gasteiger charge is 2.41. The van der Waals surface area contributed by atoms with Crippen LogP contribution in [0.25, 0.3) is 11.0 Å². The highest BCUT2D eigenvalue weighted by Crippen LogP contribution is 2.25. The van der Waals surface area contributed by atoms with Crippen LogP contribution in [0.2, 0.25) is 0 Å². The molecule has 3 rings (SSSR count). The van der Waals surface area contributed by atoms with Gasteiger partial charge in [-0.15, -0.1) is 0 Å². The topological polar surface area (TPSA) is 62.6 Å². The average Bonchev–Trinajstić information content (AvgIpc) is 3.04. The molecule has 8 heteroatoms. The fourth-order valence-electron chi connectivity index (χ4n) is 2.39. The Labute approximate surface area is 146 Å². The van der Waals surface area contributed by atoms with Crippen LogP contribution in [-0.4, -0.2) is 25.0 Å². The highest BCUT2D eigenvalue weighted by molar-refractivity contribution is 6.05. The zero-order chi connectivity index (χ0) is 18.9. The van der Waals surface area contributed by atoms with Gasteiger partial charge >= 0.3 is 12.1 Å². The van der Waals surface area contributed by atoms with Crippen molar-refractivity contribution in [3.63, 3.8) is 0 Å². The predicted octanol–water partition coefficient (Wildman–Crippen LogP) is 4.21. The predicted molar refractivity (Wildman–Crippen MR) is 90.1 cm³/mol. The number of rotatable bonds is 3. The average molecular weight is 362 g/mol. The molecule has 0 aliphatic carbocycles. The SMILES string of the molecule is CN(C(=O)C(F)(F)F)c1cccc(NC(=O)c2cc3ccccc3o2)c1. The van der Waals surface area contributed by atoms with E-state index in [1.807, 2.05) is 0 Å². The second kappa shape index (κ2) is 6.55. The normalized spacial score (nSPS) is 11.4. The number of carbonyl (C=O) groups excluding carboxylic acids is 2. The number of para-hydroxylation sites is 1. The zero-order valence-corrected chi connectivity index (χ0v) is 13.5. The highest BCUT2D eigenvalue weighted by atomic mass is 19.4. The molecule has 2 amide bonds. The van der Waals surface area contributed by atoms with Gasteiger partial charge in [0.15, 0.2) is 5.76 Å². The third-order valence-corrected chi connectivity index (χ3v) is 3.69. The van der Waals surface area contributed by atoms with Crippen LogP contribution in [0, 0.1) is 0 Å². The molecule has 1 heterocycles. The van der Waals surface area contributed by atoms with Crippen molar-refractivity contribution in [3.8, 4) is 0 Å². The number of hydrogen-bond acceptors (Lipinski definition) is 3. The minimum absolute atomic E-state index is 0.00488. The van der Waals surface area contributed by atoms with Crippen LogP contribution >= 0.6 is 0 Å². The standard InChI is InChI=1S/C18H13F3N2O3/c1-23(17(25)18(19,20)21)13-7-4-6-12(10-13)22-16(24)15-9-11-5-2-3-8-14(11)26-15/h2-10H,1H3,(H,22,24). The lowest BCUT2D eigenvalue weighted by molar-refractivity contribution is -0.170. The Morgan fingerprint density at radius 3 is 2.46 bits per heavy atom. The lowest BCUT2D eigenvalue weighted by Crippen LogP contribution is -2.38. The summed E-state index contributed by atoms with van der Waals surface area (Å²) in [6.45, 7) is 0. The van der Waals surface area contributed by atoms with Crippen molar-refractivity contribution in [1.82, 2.24) is 0 Å². The third kappa shape index (κ3) is 3.53. The van der Waals surface area contributed by atoms with Crippen molar-refractivity contribution >= 4 is 34.2 Å². The van der Waals surface area contributed by atoms with Crippen molar-refractivity contribution in [2.75, 3.05) is 17.3 Å². The smallest absolute Gasteiger partial charge is 0.451 e. The summed E-state index contributed by atoms with van der Waals surface area (Å²) in [5, 5.41) is 3.29. The van der Waals surface area contributed by atoms with Crippen LogP contribution < -0.4 is 10.2 Å². The fraction of sp³-hybridized carbons (Fsp3) is 0.111. The van der Waals surface area contributed by atoms with Gasteiger partial charge < -0.3 is 14.6 Å².